The normalized spacial score (nSPS) is 10.5. The Morgan fingerprint density at radius 3 is 2.52 bits per heavy atom. The van der Waals surface area contributed by atoms with Gasteiger partial charge in [-0.2, -0.15) is 0 Å². The molecule has 0 unspecified atom stereocenters. The lowest BCUT2D eigenvalue weighted by Crippen LogP contribution is -2.26. The zero-order valence-corrected chi connectivity index (χ0v) is 16.7. The number of carbonyl (C=O) groups is 2. The fraction of sp³-hybridized carbons (Fsp3) is 0.0800. The topological polar surface area (TPSA) is 80.3 Å². The second kappa shape index (κ2) is 9.54. The number of fused-ring (bicyclic) bond motifs is 1. The highest BCUT2D eigenvalue weighted by molar-refractivity contribution is 6.04. The number of anilines is 1. The summed E-state index contributed by atoms with van der Waals surface area (Å²) in [5.74, 6) is -0.0211. The summed E-state index contributed by atoms with van der Waals surface area (Å²) < 4.78 is 5.63. The summed E-state index contributed by atoms with van der Waals surface area (Å²) in [7, 11) is 0. The summed E-state index contributed by atoms with van der Waals surface area (Å²) in [6.45, 7) is 0.185. The lowest BCUT2D eigenvalue weighted by Gasteiger charge is -2.12. The van der Waals surface area contributed by atoms with Crippen LogP contribution >= 0.6 is 0 Å². The van der Waals surface area contributed by atoms with E-state index in [0.717, 1.165) is 16.3 Å². The van der Waals surface area contributed by atoms with Crippen LogP contribution in [0.5, 0.6) is 5.75 Å². The molecule has 0 aliphatic rings. The first-order chi connectivity index (χ1) is 15.2. The van der Waals surface area contributed by atoms with Crippen LogP contribution < -0.4 is 15.4 Å². The highest BCUT2D eigenvalue weighted by Gasteiger charge is 2.13. The molecular weight excluding hydrogens is 390 g/mol. The maximum Gasteiger partial charge on any atom is 0.262 e. The minimum Gasteiger partial charge on any atom is -0.484 e. The fourth-order valence-corrected chi connectivity index (χ4v) is 3.16. The van der Waals surface area contributed by atoms with Gasteiger partial charge in [-0.1, -0.05) is 48.5 Å². The highest BCUT2D eigenvalue weighted by atomic mass is 16.5. The summed E-state index contributed by atoms with van der Waals surface area (Å²) in [6, 6.07) is 24.2. The van der Waals surface area contributed by atoms with Crippen molar-refractivity contribution in [3.05, 3.63) is 102 Å². The van der Waals surface area contributed by atoms with Crippen LogP contribution in [0, 0.1) is 0 Å². The zero-order chi connectivity index (χ0) is 21.5. The van der Waals surface area contributed by atoms with Crippen LogP contribution in [0.4, 0.5) is 5.69 Å². The van der Waals surface area contributed by atoms with Crippen LogP contribution in [0.3, 0.4) is 0 Å². The number of ether oxygens (including phenoxy) is 1. The fourth-order valence-electron chi connectivity index (χ4n) is 3.16. The number of carbonyl (C=O) groups excluding carboxylic acids is 2. The number of nitrogens with zero attached hydrogens (tertiary/aromatic N) is 1. The molecule has 2 amide bonds. The summed E-state index contributed by atoms with van der Waals surface area (Å²) in [6.07, 6.45) is 3.37. The summed E-state index contributed by atoms with van der Waals surface area (Å²) in [4.78, 5) is 29.1. The van der Waals surface area contributed by atoms with Crippen LogP contribution in [0.15, 0.2) is 91.3 Å². The van der Waals surface area contributed by atoms with E-state index in [2.05, 4.69) is 15.6 Å². The first-order valence-electron chi connectivity index (χ1n) is 9.86. The Morgan fingerprint density at radius 1 is 0.871 bits per heavy atom. The van der Waals surface area contributed by atoms with Crippen molar-refractivity contribution in [2.75, 3.05) is 11.9 Å². The van der Waals surface area contributed by atoms with Gasteiger partial charge in [-0.05, 0) is 46.7 Å². The van der Waals surface area contributed by atoms with Crippen LogP contribution in [-0.4, -0.2) is 23.4 Å². The highest BCUT2D eigenvalue weighted by Crippen LogP contribution is 2.21. The summed E-state index contributed by atoms with van der Waals surface area (Å²) >= 11 is 0. The molecular formula is C25H21N3O3. The Morgan fingerprint density at radius 2 is 1.68 bits per heavy atom. The molecule has 6 nitrogen and oxygen atoms in total. The number of rotatable bonds is 7. The van der Waals surface area contributed by atoms with Crippen molar-refractivity contribution < 1.29 is 14.3 Å². The van der Waals surface area contributed by atoms with E-state index in [-0.39, 0.29) is 18.4 Å². The second-order valence-electron chi connectivity index (χ2n) is 6.94. The van der Waals surface area contributed by atoms with E-state index < -0.39 is 0 Å². The van der Waals surface area contributed by atoms with E-state index in [0.29, 0.717) is 23.5 Å². The predicted octanol–water partition coefficient (Wildman–Crippen LogP) is 4.18. The maximum atomic E-state index is 12.6. The number of nitrogens with one attached hydrogen (secondary N) is 2. The minimum atomic E-state index is -0.347. The van der Waals surface area contributed by atoms with Crippen molar-refractivity contribution in [2.24, 2.45) is 0 Å². The Hall–Kier alpha value is -4.19. The number of hydrogen-bond donors (Lipinski definition) is 2. The largest absolute Gasteiger partial charge is 0.484 e. The van der Waals surface area contributed by atoms with Gasteiger partial charge >= 0.3 is 0 Å². The van der Waals surface area contributed by atoms with Crippen molar-refractivity contribution in [1.82, 2.24) is 10.3 Å². The molecule has 1 aromatic heterocycles. The number of benzene rings is 3. The lowest BCUT2D eigenvalue weighted by atomic mass is 10.1. The van der Waals surface area contributed by atoms with E-state index >= 15 is 0 Å². The number of aromatic nitrogens is 1. The van der Waals surface area contributed by atoms with Gasteiger partial charge in [0.15, 0.2) is 6.61 Å². The summed E-state index contributed by atoms with van der Waals surface area (Å²) in [5.41, 5.74) is 1.70. The van der Waals surface area contributed by atoms with Gasteiger partial charge in [0.1, 0.15) is 5.75 Å². The molecule has 1 heterocycles. The first-order valence-corrected chi connectivity index (χ1v) is 9.86. The van der Waals surface area contributed by atoms with Gasteiger partial charge in [0.05, 0.1) is 11.3 Å². The molecule has 0 atom stereocenters. The molecule has 2 N–H and O–H groups in total. The molecule has 0 radical (unpaired) electrons. The van der Waals surface area contributed by atoms with Crippen molar-refractivity contribution in [2.45, 2.75) is 6.54 Å². The predicted molar refractivity (Wildman–Crippen MR) is 120 cm³/mol. The molecule has 4 rings (SSSR count). The van der Waals surface area contributed by atoms with Gasteiger partial charge in [0.2, 0.25) is 0 Å². The molecule has 0 saturated heterocycles. The molecule has 0 spiro atoms. The summed E-state index contributed by atoms with van der Waals surface area (Å²) in [5, 5.41) is 7.74. The van der Waals surface area contributed by atoms with Gasteiger partial charge in [-0.15, -0.1) is 0 Å². The standard InChI is InChI=1S/C25H21N3O3/c29-24(17-31-21-12-11-19-7-1-2-8-20(19)14-21)28-23-10-4-3-9-22(23)25(30)27-16-18-6-5-13-26-15-18/h1-15H,16-17H2,(H,27,30)(H,28,29). The number of amides is 2. The molecule has 0 bridgehead atoms. The first kappa shape index (κ1) is 20.1. The smallest absolute Gasteiger partial charge is 0.262 e. The molecule has 154 valence electrons. The van der Waals surface area contributed by atoms with Crippen molar-refractivity contribution in [3.63, 3.8) is 0 Å². The molecule has 0 fully saturated rings. The SMILES string of the molecule is O=C(COc1ccc2ccccc2c1)Nc1ccccc1C(=O)NCc1cccnc1. The van der Waals surface area contributed by atoms with Crippen molar-refractivity contribution >= 4 is 28.3 Å². The number of pyridine rings is 1. The third-order valence-electron chi connectivity index (χ3n) is 4.71. The average Bonchev–Trinajstić information content (AvgIpc) is 2.82. The van der Waals surface area contributed by atoms with E-state index in [1.807, 2.05) is 54.6 Å². The average molecular weight is 411 g/mol. The zero-order valence-electron chi connectivity index (χ0n) is 16.7. The molecule has 31 heavy (non-hydrogen) atoms. The minimum absolute atomic E-state index is 0.163. The quantitative estimate of drug-likeness (QED) is 0.478. The lowest BCUT2D eigenvalue weighted by molar-refractivity contribution is -0.118. The van der Waals surface area contributed by atoms with Gasteiger partial charge < -0.3 is 15.4 Å². The third-order valence-corrected chi connectivity index (χ3v) is 4.71. The number of hydrogen-bond acceptors (Lipinski definition) is 4. The number of para-hydroxylation sites is 1. The van der Waals surface area contributed by atoms with Crippen LogP contribution in [-0.2, 0) is 11.3 Å². The Kier molecular flexibility index (Phi) is 6.18. The van der Waals surface area contributed by atoms with E-state index in [1.54, 1.807) is 36.7 Å². The van der Waals surface area contributed by atoms with E-state index in [9.17, 15) is 9.59 Å². The van der Waals surface area contributed by atoms with Gasteiger partial charge in [-0.25, -0.2) is 0 Å². The van der Waals surface area contributed by atoms with Gasteiger partial charge in [0, 0.05) is 18.9 Å². The molecule has 6 heteroatoms. The molecule has 0 saturated carbocycles. The van der Waals surface area contributed by atoms with Crippen molar-refractivity contribution in [3.8, 4) is 5.75 Å². The molecule has 0 aliphatic carbocycles. The monoisotopic (exact) mass is 411 g/mol. The van der Waals surface area contributed by atoms with E-state index in [1.165, 1.54) is 0 Å². The Bertz CT molecular complexity index is 1210. The molecule has 4 aromatic rings. The molecule has 0 aliphatic heterocycles. The Balaban J connectivity index is 1.37. The van der Waals surface area contributed by atoms with Crippen LogP contribution in [0.1, 0.15) is 15.9 Å². The van der Waals surface area contributed by atoms with E-state index in [4.69, 9.17) is 4.74 Å². The maximum absolute atomic E-state index is 12.6. The van der Waals surface area contributed by atoms with Crippen molar-refractivity contribution in [1.29, 1.82) is 0 Å². The van der Waals surface area contributed by atoms with Gasteiger partial charge in [-0.3, -0.25) is 14.6 Å². The van der Waals surface area contributed by atoms with Crippen LogP contribution in [0.2, 0.25) is 0 Å². The van der Waals surface area contributed by atoms with Crippen LogP contribution in [0.25, 0.3) is 10.8 Å². The molecule has 3 aromatic carbocycles. The Labute approximate surface area is 179 Å². The van der Waals surface area contributed by atoms with Gasteiger partial charge in [0.25, 0.3) is 11.8 Å². The second-order valence-corrected chi connectivity index (χ2v) is 6.94. The third kappa shape index (κ3) is 5.25.